The fourth-order valence-corrected chi connectivity index (χ4v) is 4.78. The van der Waals surface area contributed by atoms with Gasteiger partial charge in [-0.25, -0.2) is 0 Å². The first-order valence-electron chi connectivity index (χ1n) is 16.7. The second kappa shape index (κ2) is 19.7. The van der Waals surface area contributed by atoms with Crippen molar-refractivity contribution in [1.29, 1.82) is 0 Å². The van der Waals surface area contributed by atoms with E-state index in [-0.39, 0.29) is 30.9 Å². The number of carbonyl (C=O) groups is 4. The van der Waals surface area contributed by atoms with E-state index in [1.165, 1.54) is 0 Å². The normalized spacial score (nSPS) is 13.1. The second-order valence-electron chi connectivity index (χ2n) is 12.4. The summed E-state index contributed by atoms with van der Waals surface area (Å²) in [5.41, 5.74) is 20.5. The number of nitrogens with zero attached hydrogens (tertiary/aromatic N) is 4. The SMILES string of the molecule is CC(N)=N/N=C(/C)c1ccc(C(=O)N[C@@H](CC(C)C)C(=O)NCCNC(=O)[C@H](C)NC(=O)c2ccc(/C(=N\N=C(N)N)c3ccccc3)cc2)cc1. The molecular formula is C37H47N11O4. The molecule has 0 radical (unpaired) electrons. The Morgan fingerprint density at radius 1 is 0.596 bits per heavy atom. The molecule has 15 heteroatoms. The standard InChI is InChI=1S/C37H47N11O4/c1-22(2)21-31(44-35(51)30-15-11-26(12-16-30)23(3)45-46-25(5)38)36(52)42-20-19-41-33(49)24(4)43-34(50)29-17-13-28(14-18-29)32(47-48-37(39)40)27-9-7-6-8-10-27/h6-18,22,24,31H,19-21H2,1-5H3,(H2,38,46)(H,41,49)(H,42,52)(H,43,50)(H,44,51)(H4,39,40,48)/b45-23-,47-32-/t24-,31-/m0/s1. The number of hydrogen-bond acceptors (Lipinski definition) is 8. The van der Waals surface area contributed by atoms with Crippen molar-refractivity contribution in [2.75, 3.05) is 13.1 Å². The summed E-state index contributed by atoms with van der Waals surface area (Å²) < 4.78 is 0. The highest BCUT2D eigenvalue weighted by molar-refractivity contribution is 6.13. The van der Waals surface area contributed by atoms with Gasteiger partial charge in [0.25, 0.3) is 11.8 Å². The first kappa shape index (κ1) is 40.1. The molecule has 15 nitrogen and oxygen atoms in total. The number of amides is 4. The first-order chi connectivity index (χ1) is 24.7. The molecule has 10 N–H and O–H groups in total. The Balaban J connectivity index is 1.51. The molecule has 3 aromatic rings. The average molecular weight is 710 g/mol. The molecule has 0 aromatic heterocycles. The summed E-state index contributed by atoms with van der Waals surface area (Å²) in [5.74, 6) is -1.41. The molecule has 0 aliphatic rings. The van der Waals surface area contributed by atoms with Crippen molar-refractivity contribution in [1.82, 2.24) is 21.3 Å². The summed E-state index contributed by atoms with van der Waals surface area (Å²) in [6.45, 7) is 9.08. The lowest BCUT2D eigenvalue weighted by molar-refractivity contribution is -0.124. The summed E-state index contributed by atoms with van der Waals surface area (Å²) in [6, 6.07) is 21.0. The maximum atomic E-state index is 13.1. The predicted molar refractivity (Wildman–Crippen MR) is 204 cm³/mol. The van der Waals surface area contributed by atoms with Gasteiger partial charge in [0.05, 0.1) is 5.71 Å². The molecular weight excluding hydrogens is 662 g/mol. The summed E-state index contributed by atoms with van der Waals surface area (Å²) in [5, 5.41) is 26.8. The molecule has 0 fully saturated rings. The summed E-state index contributed by atoms with van der Waals surface area (Å²) in [6.07, 6.45) is 0.408. The van der Waals surface area contributed by atoms with Crippen LogP contribution in [0.3, 0.4) is 0 Å². The predicted octanol–water partition coefficient (Wildman–Crippen LogP) is 2.01. The fourth-order valence-electron chi connectivity index (χ4n) is 4.78. The Bertz CT molecular complexity index is 1810. The van der Waals surface area contributed by atoms with Crippen LogP contribution in [0.5, 0.6) is 0 Å². The van der Waals surface area contributed by atoms with Crippen LogP contribution in [0.15, 0.2) is 99.3 Å². The highest BCUT2D eigenvalue weighted by Gasteiger charge is 2.23. The highest BCUT2D eigenvalue weighted by Crippen LogP contribution is 2.14. The molecule has 0 saturated heterocycles. The monoisotopic (exact) mass is 709 g/mol. The Hall–Kier alpha value is -6.38. The van der Waals surface area contributed by atoms with Crippen LogP contribution in [0.1, 0.15) is 78.4 Å². The van der Waals surface area contributed by atoms with Gasteiger partial charge in [0.1, 0.15) is 23.6 Å². The molecule has 0 spiro atoms. The number of hydrogen-bond donors (Lipinski definition) is 7. The van der Waals surface area contributed by atoms with Gasteiger partial charge in [0.15, 0.2) is 0 Å². The van der Waals surface area contributed by atoms with E-state index in [4.69, 9.17) is 17.2 Å². The Kier molecular flexibility index (Phi) is 15.2. The van der Waals surface area contributed by atoms with Crippen molar-refractivity contribution in [3.63, 3.8) is 0 Å². The van der Waals surface area contributed by atoms with Gasteiger partial charge in [0, 0.05) is 35.3 Å². The molecule has 0 aliphatic heterocycles. The number of nitrogens with one attached hydrogen (secondary N) is 4. The van der Waals surface area contributed by atoms with Gasteiger partial charge < -0.3 is 38.5 Å². The molecule has 3 aromatic carbocycles. The molecule has 52 heavy (non-hydrogen) atoms. The molecule has 3 rings (SSSR count). The number of carbonyl (C=O) groups excluding carboxylic acids is 4. The van der Waals surface area contributed by atoms with Crippen LogP contribution in [-0.4, -0.2) is 72.0 Å². The Labute approximate surface area is 303 Å². The molecule has 0 saturated carbocycles. The maximum absolute atomic E-state index is 13.1. The third kappa shape index (κ3) is 12.8. The lowest BCUT2D eigenvalue weighted by Gasteiger charge is -2.20. The molecule has 274 valence electrons. The number of nitrogens with two attached hydrogens (primary N) is 3. The van der Waals surface area contributed by atoms with E-state index in [1.54, 1.807) is 69.3 Å². The molecule has 0 bridgehead atoms. The molecule has 0 aliphatic carbocycles. The van der Waals surface area contributed by atoms with Crippen molar-refractivity contribution in [3.8, 4) is 0 Å². The smallest absolute Gasteiger partial charge is 0.251 e. The topological polar surface area (TPSA) is 244 Å². The van der Waals surface area contributed by atoms with E-state index in [1.807, 2.05) is 44.2 Å². The van der Waals surface area contributed by atoms with E-state index in [0.717, 1.165) is 11.1 Å². The van der Waals surface area contributed by atoms with Crippen LogP contribution in [0.4, 0.5) is 0 Å². The zero-order chi connectivity index (χ0) is 38.2. The van der Waals surface area contributed by atoms with Crippen LogP contribution >= 0.6 is 0 Å². The lowest BCUT2D eigenvalue weighted by Crippen LogP contribution is -2.50. The zero-order valence-corrected chi connectivity index (χ0v) is 30.0. The minimum absolute atomic E-state index is 0.106. The van der Waals surface area contributed by atoms with E-state index >= 15 is 0 Å². The van der Waals surface area contributed by atoms with Gasteiger partial charge in [-0.15, -0.1) is 15.3 Å². The summed E-state index contributed by atoms with van der Waals surface area (Å²) in [4.78, 5) is 51.7. The molecule has 0 heterocycles. The van der Waals surface area contributed by atoms with Gasteiger partial charge >= 0.3 is 0 Å². The van der Waals surface area contributed by atoms with Crippen molar-refractivity contribution in [2.45, 2.75) is 53.1 Å². The van der Waals surface area contributed by atoms with E-state index in [2.05, 4.69) is 41.7 Å². The van der Waals surface area contributed by atoms with Crippen LogP contribution < -0.4 is 38.5 Å². The van der Waals surface area contributed by atoms with E-state index in [0.29, 0.717) is 40.4 Å². The number of amidine groups is 1. The summed E-state index contributed by atoms with van der Waals surface area (Å²) >= 11 is 0. The van der Waals surface area contributed by atoms with Gasteiger partial charge in [-0.1, -0.05) is 68.4 Å². The molecule has 0 unspecified atom stereocenters. The van der Waals surface area contributed by atoms with E-state index in [9.17, 15) is 19.2 Å². The van der Waals surface area contributed by atoms with Crippen LogP contribution in [0.25, 0.3) is 0 Å². The largest absolute Gasteiger partial charge is 0.386 e. The van der Waals surface area contributed by atoms with Crippen molar-refractivity contribution in [3.05, 3.63) is 107 Å². The fraction of sp³-hybridized carbons (Fsp3) is 0.297. The summed E-state index contributed by atoms with van der Waals surface area (Å²) in [7, 11) is 0. The maximum Gasteiger partial charge on any atom is 0.251 e. The third-order valence-electron chi connectivity index (χ3n) is 7.45. The molecule has 4 amide bonds. The Morgan fingerprint density at radius 3 is 1.63 bits per heavy atom. The van der Waals surface area contributed by atoms with Crippen LogP contribution in [0, 0.1) is 5.92 Å². The number of benzene rings is 3. The van der Waals surface area contributed by atoms with Crippen molar-refractivity contribution in [2.24, 2.45) is 43.5 Å². The van der Waals surface area contributed by atoms with Crippen molar-refractivity contribution < 1.29 is 19.2 Å². The van der Waals surface area contributed by atoms with E-state index < -0.39 is 29.8 Å². The van der Waals surface area contributed by atoms with Gasteiger partial charge in [-0.05, 0) is 62.9 Å². The Morgan fingerprint density at radius 2 is 1.10 bits per heavy atom. The van der Waals surface area contributed by atoms with Crippen LogP contribution in [-0.2, 0) is 9.59 Å². The van der Waals surface area contributed by atoms with Gasteiger partial charge in [-0.2, -0.15) is 5.10 Å². The minimum Gasteiger partial charge on any atom is -0.386 e. The quantitative estimate of drug-likeness (QED) is 0.0504. The molecule has 2 atom stereocenters. The third-order valence-corrected chi connectivity index (χ3v) is 7.45. The zero-order valence-electron chi connectivity index (χ0n) is 30.0. The lowest BCUT2D eigenvalue weighted by atomic mass is 10.0. The number of guanidine groups is 1. The first-order valence-corrected chi connectivity index (χ1v) is 16.7. The van der Waals surface area contributed by atoms with Gasteiger partial charge in [-0.3, -0.25) is 19.2 Å². The van der Waals surface area contributed by atoms with Crippen LogP contribution in [0.2, 0.25) is 0 Å². The highest BCUT2D eigenvalue weighted by atomic mass is 16.2. The number of rotatable bonds is 16. The second-order valence-corrected chi connectivity index (χ2v) is 12.4. The minimum atomic E-state index is -0.863. The van der Waals surface area contributed by atoms with Gasteiger partial charge in [0.2, 0.25) is 17.8 Å². The van der Waals surface area contributed by atoms with Crippen molar-refractivity contribution >= 4 is 46.8 Å². The average Bonchev–Trinajstić information content (AvgIpc) is 3.12.